The molecule has 28 heavy (non-hydrogen) atoms. The average Bonchev–Trinajstić information content (AvgIpc) is 2.86. The van der Waals surface area contributed by atoms with Crippen molar-refractivity contribution < 1.29 is 32.3 Å². The number of alkyl halides is 3. The van der Waals surface area contributed by atoms with Crippen LogP contribution in [0.5, 0.6) is 5.75 Å². The first-order valence-electron chi connectivity index (χ1n) is 7.54. The van der Waals surface area contributed by atoms with E-state index in [4.69, 9.17) is 16.2 Å². The van der Waals surface area contributed by atoms with E-state index in [-0.39, 0.29) is 22.4 Å². The first-order chi connectivity index (χ1) is 13.0. The molecule has 0 radical (unpaired) electrons. The Hall–Kier alpha value is -3.83. The number of hydrogen-bond donors (Lipinski definition) is 3. The number of nitrogens with one attached hydrogen (secondary N) is 1. The summed E-state index contributed by atoms with van der Waals surface area (Å²) in [5, 5.41) is 1.95. The monoisotopic (exact) mass is 396 g/mol. The number of pyridine rings is 1. The number of carbonyl (C=O) groups excluding carboxylic acids is 3. The summed E-state index contributed by atoms with van der Waals surface area (Å²) >= 11 is 0. The first-order valence-corrected chi connectivity index (χ1v) is 7.54. The van der Waals surface area contributed by atoms with E-state index in [1.54, 1.807) is 0 Å². The molecule has 0 bridgehead atoms. The molecule has 0 saturated carbocycles. The van der Waals surface area contributed by atoms with Gasteiger partial charge in [-0.15, -0.1) is 0 Å². The quantitative estimate of drug-likeness (QED) is 0.635. The highest BCUT2D eigenvalue weighted by molar-refractivity contribution is 6.23. The minimum Gasteiger partial charge on any atom is -0.482 e. The molecule has 3 amide bonds. The van der Waals surface area contributed by atoms with Crippen molar-refractivity contribution in [2.45, 2.75) is 6.18 Å². The van der Waals surface area contributed by atoms with Crippen LogP contribution in [0.1, 0.15) is 31.1 Å². The SMILES string of the molecule is NC(=O)c1ccc(OCC(F)(F)F)c(-n2c(N)c3c(cc2=O)C(=O)NC3=O)c1. The lowest BCUT2D eigenvalue weighted by Crippen LogP contribution is -2.26. The van der Waals surface area contributed by atoms with Crippen LogP contribution in [0.2, 0.25) is 0 Å². The maximum absolute atomic E-state index is 12.5. The lowest BCUT2D eigenvalue weighted by atomic mass is 10.1. The molecule has 2 heterocycles. The van der Waals surface area contributed by atoms with Crippen LogP contribution in [0.4, 0.5) is 19.0 Å². The van der Waals surface area contributed by atoms with Gasteiger partial charge in [-0.2, -0.15) is 13.2 Å². The molecule has 0 saturated heterocycles. The highest BCUT2D eigenvalue weighted by Crippen LogP contribution is 2.30. The second-order valence-corrected chi connectivity index (χ2v) is 5.73. The molecule has 1 aromatic carbocycles. The lowest BCUT2D eigenvalue weighted by molar-refractivity contribution is -0.153. The Kier molecular flexibility index (Phi) is 4.33. The van der Waals surface area contributed by atoms with Crippen molar-refractivity contribution in [3.63, 3.8) is 0 Å². The van der Waals surface area contributed by atoms with Gasteiger partial charge in [-0.3, -0.25) is 29.1 Å². The normalized spacial score (nSPS) is 13.2. The third kappa shape index (κ3) is 3.26. The molecule has 1 aliphatic rings. The number of hydrogen-bond acceptors (Lipinski definition) is 6. The number of fused-ring (bicyclic) bond motifs is 1. The summed E-state index contributed by atoms with van der Waals surface area (Å²) in [6.45, 7) is -1.69. The highest BCUT2D eigenvalue weighted by atomic mass is 19.4. The molecule has 0 unspecified atom stereocenters. The van der Waals surface area contributed by atoms with E-state index in [2.05, 4.69) is 0 Å². The fraction of sp³-hybridized carbons (Fsp3) is 0.125. The van der Waals surface area contributed by atoms with E-state index >= 15 is 0 Å². The Morgan fingerprint density at radius 1 is 1.14 bits per heavy atom. The number of rotatable bonds is 4. The van der Waals surface area contributed by atoms with Crippen molar-refractivity contribution in [2.75, 3.05) is 12.3 Å². The van der Waals surface area contributed by atoms with Crippen LogP contribution in [0.3, 0.4) is 0 Å². The van der Waals surface area contributed by atoms with Gasteiger partial charge in [0.1, 0.15) is 11.6 Å². The first kappa shape index (κ1) is 18.9. The molecule has 9 nitrogen and oxygen atoms in total. The van der Waals surface area contributed by atoms with Gasteiger partial charge < -0.3 is 16.2 Å². The van der Waals surface area contributed by atoms with Crippen LogP contribution in [-0.2, 0) is 0 Å². The zero-order chi connectivity index (χ0) is 20.8. The number of aromatic nitrogens is 1. The number of ether oxygens (including phenoxy) is 1. The van der Waals surface area contributed by atoms with E-state index in [1.807, 2.05) is 5.32 Å². The van der Waals surface area contributed by atoms with E-state index in [0.29, 0.717) is 4.57 Å². The summed E-state index contributed by atoms with van der Waals surface area (Å²) in [6, 6.07) is 3.90. The van der Waals surface area contributed by atoms with E-state index in [0.717, 1.165) is 24.3 Å². The third-order valence-corrected chi connectivity index (χ3v) is 3.83. The second-order valence-electron chi connectivity index (χ2n) is 5.73. The summed E-state index contributed by atoms with van der Waals surface area (Å²) in [5.74, 6) is -3.60. The van der Waals surface area contributed by atoms with Crippen molar-refractivity contribution >= 4 is 23.5 Å². The number of nitrogens with zero attached hydrogens (tertiary/aromatic N) is 1. The number of imide groups is 1. The summed E-state index contributed by atoms with van der Waals surface area (Å²) in [5.41, 5.74) is 9.00. The molecule has 1 aliphatic heterocycles. The van der Waals surface area contributed by atoms with E-state index in [9.17, 15) is 32.3 Å². The number of halogens is 3. The van der Waals surface area contributed by atoms with E-state index < -0.39 is 47.6 Å². The highest BCUT2D eigenvalue weighted by Gasteiger charge is 2.33. The minimum absolute atomic E-state index is 0.151. The maximum Gasteiger partial charge on any atom is 0.422 e. The van der Waals surface area contributed by atoms with Crippen LogP contribution < -0.4 is 27.1 Å². The molecule has 12 heteroatoms. The second kappa shape index (κ2) is 6.40. The zero-order valence-electron chi connectivity index (χ0n) is 13.8. The van der Waals surface area contributed by atoms with Crippen molar-refractivity contribution in [1.29, 1.82) is 0 Å². The number of amides is 3. The molecule has 2 aromatic rings. The van der Waals surface area contributed by atoms with Crippen LogP contribution in [0.15, 0.2) is 29.1 Å². The van der Waals surface area contributed by atoms with Crippen molar-refractivity contribution in [1.82, 2.24) is 9.88 Å². The zero-order valence-corrected chi connectivity index (χ0v) is 13.8. The van der Waals surface area contributed by atoms with Gasteiger partial charge in [0, 0.05) is 11.6 Å². The Bertz CT molecular complexity index is 1090. The number of primary amides is 1. The van der Waals surface area contributed by atoms with Gasteiger partial charge in [-0.25, -0.2) is 0 Å². The largest absolute Gasteiger partial charge is 0.482 e. The summed E-state index contributed by atoms with van der Waals surface area (Å²) in [4.78, 5) is 47.6. The van der Waals surface area contributed by atoms with Crippen molar-refractivity contribution in [3.8, 4) is 11.4 Å². The Morgan fingerprint density at radius 3 is 2.43 bits per heavy atom. The molecular weight excluding hydrogens is 385 g/mol. The molecule has 0 aliphatic carbocycles. The van der Waals surface area contributed by atoms with Crippen LogP contribution in [0, 0.1) is 0 Å². The lowest BCUT2D eigenvalue weighted by Gasteiger charge is -2.17. The number of carbonyl (C=O) groups is 3. The minimum atomic E-state index is -4.68. The number of anilines is 1. The fourth-order valence-corrected chi connectivity index (χ4v) is 2.65. The molecule has 146 valence electrons. The Balaban J connectivity index is 2.25. The predicted molar refractivity (Wildman–Crippen MR) is 88.3 cm³/mol. The van der Waals surface area contributed by atoms with Crippen molar-refractivity contribution in [2.24, 2.45) is 5.73 Å². The summed E-state index contributed by atoms with van der Waals surface area (Å²) in [6.07, 6.45) is -4.68. The molecule has 5 N–H and O–H groups in total. The standard InChI is InChI=1S/C16H11F3N4O5/c17-16(18,19)5-28-9-2-1-6(13(21)25)3-8(9)23-10(24)4-7-11(12(23)20)15(27)22-14(7)26/h1-4H,5,20H2,(H2,21,25)(H,22,26,27). The van der Waals surface area contributed by atoms with E-state index in [1.165, 1.54) is 0 Å². The van der Waals surface area contributed by atoms with Gasteiger partial charge in [0.25, 0.3) is 17.4 Å². The van der Waals surface area contributed by atoms with Gasteiger partial charge in [0.05, 0.1) is 16.8 Å². The molecule has 0 fully saturated rings. The van der Waals surface area contributed by atoms with Gasteiger partial charge in [-0.05, 0) is 18.2 Å². The van der Waals surface area contributed by atoms with Crippen LogP contribution >= 0.6 is 0 Å². The maximum atomic E-state index is 12.5. The van der Waals surface area contributed by atoms with Gasteiger partial charge >= 0.3 is 6.18 Å². The molecule has 3 rings (SSSR count). The molecule has 0 atom stereocenters. The molecule has 0 spiro atoms. The van der Waals surface area contributed by atoms with Crippen LogP contribution in [0.25, 0.3) is 5.69 Å². The van der Waals surface area contributed by atoms with Gasteiger partial charge in [0.2, 0.25) is 5.91 Å². The average molecular weight is 396 g/mol. The van der Waals surface area contributed by atoms with Gasteiger partial charge in [-0.1, -0.05) is 0 Å². The number of nitrogen functional groups attached to an aromatic ring is 1. The number of benzene rings is 1. The topological polar surface area (TPSA) is 147 Å². The Labute approximate surface area is 153 Å². The molecular formula is C16H11F3N4O5. The summed E-state index contributed by atoms with van der Waals surface area (Å²) in [7, 11) is 0. The van der Waals surface area contributed by atoms with Crippen molar-refractivity contribution in [3.05, 3.63) is 51.3 Å². The fourth-order valence-electron chi connectivity index (χ4n) is 2.65. The smallest absolute Gasteiger partial charge is 0.422 e. The third-order valence-electron chi connectivity index (χ3n) is 3.83. The van der Waals surface area contributed by atoms with Gasteiger partial charge in [0.15, 0.2) is 6.61 Å². The number of nitrogens with two attached hydrogens (primary N) is 2. The predicted octanol–water partition coefficient (Wildman–Crippen LogP) is 0.343. The van der Waals surface area contributed by atoms with Crippen LogP contribution in [-0.4, -0.2) is 35.1 Å². The Morgan fingerprint density at radius 2 is 1.82 bits per heavy atom. The summed E-state index contributed by atoms with van der Waals surface area (Å²) < 4.78 is 43.0. The molecule has 1 aromatic heterocycles.